The molecule has 0 aromatic carbocycles. The van der Waals surface area contributed by atoms with Crippen molar-refractivity contribution in [2.75, 3.05) is 7.11 Å². The summed E-state index contributed by atoms with van der Waals surface area (Å²) in [5.41, 5.74) is 0.987. The molecule has 3 nitrogen and oxygen atoms in total. The van der Waals surface area contributed by atoms with Crippen LogP contribution in [0.5, 0.6) is 0 Å². The third-order valence-corrected chi connectivity index (χ3v) is 2.25. The lowest BCUT2D eigenvalue weighted by Crippen LogP contribution is -2.16. The number of halogens is 1. The van der Waals surface area contributed by atoms with Crippen molar-refractivity contribution in [2.45, 2.75) is 26.5 Å². The largest absolute Gasteiger partial charge is 0.380 e. The van der Waals surface area contributed by atoms with E-state index in [0.29, 0.717) is 5.02 Å². The van der Waals surface area contributed by atoms with Crippen molar-refractivity contribution < 1.29 is 4.74 Å². The van der Waals surface area contributed by atoms with Crippen LogP contribution in [0.25, 0.3) is 0 Å². The second-order valence-corrected chi connectivity index (χ2v) is 3.21. The zero-order valence-corrected chi connectivity index (χ0v) is 8.30. The highest BCUT2D eigenvalue weighted by molar-refractivity contribution is 6.31. The van der Waals surface area contributed by atoms with Gasteiger partial charge in [0.1, 0.15) is 0 Å². The van der Waals surface area contributed by atoms with Gasteiger partial charge in [-0.2, -0.15) is 5.10 Å². The molecule has 0 saturated heterocycles. The van der Waals surface area contributed by atoms with Gasteiger partial charge in [-0.25, -0.2) is 0 Å². The lowest BCUT2D eigenvalue weighted by molar-refractivity contribution is 0.0992. The summed E-state index contributed by atoms with van der Waals surface area (Å²) in [6, 6.07) is 0. The summed E-state index contributed by atoms with van der Waals surface area (Å²) in [7, 11) is 1.69. The molecule has 12 heavy (non-hydrogen) atoms. The van der Waals surface area contributed by atoms with Crippen LogP contribution in [0.4, 0.5) is 0 Å². The molecule has 68 valence electrons. The van der Waals surface area contributed by atoms with Gasteiger partial charge in [-0.1, -0.05) is 11.6 Å². The van der Waals surface area contributed by atoms with Crippen molar-refractivity contribution in [3.8, 4) is 0 Å². The number of aromatic nitrogens is 2. The topological polar surface area (TPSA) is 27.1 Å². The normalized spacial score (nSPS) is 13.3. The summed E-state index contributed by atoms with van der Waals surface area (Å²) in [6.07, 6.45) is 1.82. The standard InChI is InChI=1S/C8H13ClN2O/c1-6(12-3)5-11-7(2)8(9)4-10-11/h4,6H,5H2,1-3H3. The summed E-state index contributed by atoms with van der Waals surface area (Å²) in [4.78, 5) is 0. The third kappa shape index (κ3) is 1.99. The van der Waals surface area contributed by atoms with E-state index >= 15 is 0 Å². The first kappa shape index (κ1) is 9.55. The molecule has 1 aromatic rings. The fourth-order valence-electron chi connectivity index (χ4n) is 0.926. The van der Waals surface area contributed by atoms with E-state index in [2.05, 4.69) is 5.10 Å². The minimum absolute atomic E-state index is 0.166. The maximum atomic E-state index is 5.83. The fraction of sp³-hybridized carbons (Fsp3) is 0.625. The highest BCUT2D eigenvalue weighted by atomic mass is 35.5. The predicted molar refractivity (Wildman–Crippen MR) is 48.4 cm³/mol. The number of rotatable bonds is 3. The quantitative estimate of drug-likeness (QED) is 0.725. The Labute approximate surface area is 77.3 Å². The van der Waals surface area contributed by atoms with Crippen LogP contribution in [0.2, 0.25) is 5.02 Å². The Hall–Kier alpha value is -0.540. The van der Waals surface area contributed by atoms with Crippen LogP contribution >= 0.6 is 11.6 Å². The maximum absolute atomic E-state index is 5.83. The van der Waals surface area contributed by atoms with Gasteiger partial charge in [-0.3, -0.25) is 4.68 Å². The van der Waals surface area contributed by atoms with Crippen LogP contribution in [0.15, 0.2) is 6.20 Å². The molecular weight excluding hydrogens is 176 g/mol. The smallest absolute Gasteiger partial charge is 0.0814 e. The van der Waals surface area contributed by atoms with Crippen LogP contribution in [-0.2, 0) is 11.3 Å². The highest BCUT2D eigenvalue weighted by Gasteiger charge is 2.06. The zero-order valence-electron chi connectivity index (χ0n) is 7.54. The molecule has 0 amide bonds. The Bertz CT molecular complexity index is 260. The molecule has 1 unspecified atom stereocenters. The van der Waals surface area contributed by atoms with Gasteiger partial charge in [0, 0.05) is 7.11 Å². The molecule has 0 radical (unpaired) electrons. The van der Waals surface area contributed by atoms with Gasteiger partial charge in [-0.05, 0) is 13.8 Å². The lowest BCUT2D eigenvalue weighted by atomic mass is 10.4. The molecule has 0 saturated carbocycles. The second kappa shape index (κ2) is 3.92. The Morgan fingerprint density at radius 2 is 2.42 bits per heavy atom. The van der Waals surface area contributed by atoms with Gasteiger partial charge in [0.05, 0.1) is 29.6 Å². The van der Waals surface area contributed by atoms with Gasteiger partial charge in [0.25, 0.3) is 0 Å². The number of ether oxygens (including phenoxy) is 1. The average molecular weight is 189 g/mol. The van der Waals surface area contributed by atoms with Crippen molar-refractivity contribution in [3.05, 3.63) is 16.9 Å². The Morgan fingerprint density at radius 3 is 2.83 bits per heavy atom. The minimum atomic E-state index is 0.166. The van der Waals surface area contributed by atoms with Crippen LogP contribution in [0.1, 0.15) is 12.6 Å². The molecule has 0 aliphatic carbocycles. The Morgan fingerprint density at radius 1 is 1.75 bits per heavy atom. The molecule has 0 bridgehead atoms. The lowest BCUT2D eigenvalue weighted by Gasteiger charge is -2.10. The van der Waals surface area contributed by atoms with E-state index in [1.807, 2.05) is 18.5 Å². The van der Waals surface area contributed by atoms with Crippen molar-refractivity contribution in [1.29, 1.82) is 0 Å². The van der Waals surface area contributed by atoms with Crippen molar-refractivity contribution in [3.63, 3.8) is 0 Å². The van der Waals surface area contributed by atoms with E-state index in [0.717, 1.165) is 12.2 Å². The molecule has 1 heterocycles. The summed E-state index contributed by atoms with van der Waals surface area (Å²) >= 11 is 5.83. The van der Waals surface area contributed by atoms with Gasteiger partial charge >= 0.3 is 0 Å². The zero-order chi connectivity index (χ0) is 9.14. The van der Waals surface area contributed by atoms with Crippen LogP contribution in [0, 0.1) is 6.92 Å². The summed E-state index contributed by atoms with van der Waals surface area (Å²) in [5, 5.41) is 4.81. The maximum Gasteiger partial charge on any atom is 0.0814 e. The first-order chi connectivity index (χ1) is 5.65. The van der Waals surface area contributed by atoms with Crippen molar-refractivity contribution >= 4 is 11.6 Å². The monoisotopic (exact) mass is 188 g/mol. The van der Waals surface area contributed by atoms with Crippen molar-refractivity contribution in [1.82, 2.24) is 9.78 Å². The second-order valence-electron chi connectivity index (χ2n) is 2.81. The third-order valence-electron chi connectivity index (χ3n) is 1.88. The van der Waals surface area contributed by atoms with Gasteiger partial charge < -0.3 is 4.74 Å². The molecule has 0 spiro atoms. The molecule has 0 fully saturated rings. The Kier molecular flexibility index (Phi) is 3.12. The van der Waals surface area contributed by atoms with E-state index in [-0.39, 0.29) is 6.10 Å². The average Bonchev–Trinajstić information content (AvgIpc) is 2.36. The first-order valence-corrected chi connectivity index (χ1v) is 4.23. The van der Waals surface area contributed by atoms with Crippen LogP contribution in [0.3, 0.4) is 0 Å². The molecule has 1 aromatic heterocycles. The molecule has 0 N–H and O–H groups in total. The van der Waals surface area contributed by atoms with Crippen LogP contribution < -0.4 is 0 Å². The van der Waals surface area contributed by atoms with Gasteiger partial charge in [0.15, 0.2) is 0 Å². The highest BCUT2D eigenvalue weighted by Crippen LogP contribution is 2.13. The molecule has 0 aliphatic rings. The number of methoxy groups -OCH3 is 1. The molecule has 0 aliphatic heterocycles. The molecular formula is C8H13ClN2O. The van der Waals surface area contributed by atoms with Gasteiger partial charge in [-0.15, -0.1) is 0 Å². The first-order valence-electron chi connectivity index (χ1n) is 3.86. The summed E-state index contributed by atoms with van der Waals surface area (Å²) < 4.78 is 6.96. The number of hydrogen-bond acceptors (Lipinski definition) is 2. The van der Waals surface area contributed by atoms with E-state index in [9.17, 15) is 0 Å². The van der Waals surface area contributed by atoms with Crippen LogP contribution in [-0.4, -0.2) is 23.0 Å². The number of nitrogens with zero attached hydrogens (tertiary/aromatic N) is 2. The minimum Gasteiger partial charge on any atom is -0.380 e. The Balaban J connectivity index is 2.69. The molecule has 1 atom stereocenters. The van der Waals surface area contributed by atoms with Crippen molar-refractivity contribution in [2.24, 2.45) is 0 Å². The van der Waals surface area contributed by atoms with E-state index in [1.165, 1.54) is 0 Å². The predicted octanol–water partition coefficient (Wildman–Crippen LogP) is 1.88. The summed E-state index contributed by atoms with van der Waals surface area (Å²) in [5.74, 6) is 0. The van der Waals surface area contributed by atoms with E-state index < -0.39 is 0 Å². The SMILES string of the molecule is COC(C)Cn1ncc(Cl)c1C. The molecule has 4 heteroatoms. The summed E-state index contributed by atoms with van der Waals surface area (Å²) in [6.45, 7) is 4.68. The van der Waals surface area contributed by atoms with E-state index in [1.54, 1.807) is 13.3 Å². The fourth-order valence-corrected chi connectivity index (χ4v) is 1.07. The van der Waals surface area contributed by atoms with Gasteiger partial charge in [0.2, 0.25) is 0 Å². The van der Waals surface area contributed by atoms with E-state index in [4.69, 9.17) is 16.3 Å². The molecule has 1 rings (SSSR count). The number of hydrogen-bond donors (Lipinski definition) is 0.